The van der Waals surface area contributed by atoms with Crippen molar-refractivity contribution in [2.45, 2.75) is 13.0 Å². The smallest absolute Gasteiger partial charge is 0.288 e. The first kappa shape index (κ1) is 14.9. The maximum atomic E-state index is 10.7. The van der Waals surface area contributed by atoms with Gasteiger partial charge in [-0.1, -0.05) is 11.6 Å². The Morgan fingerprint density at radius 1 is 1.24 bits per heavy atom. The highest BCUT2D eigenvalue weighted by atomic mass is 35.5. The molecule has 0 amide bonds. The molecule has 0 heterocycles. The van der Waals surface area contributed by atoms with E-state index in [1.165, 1.54) is 36.4 Å². The molecule has 1 atom stereocenters. The first-order valence-electron chi connectivity index (χ1n) is 6.11. The largest absolute Gasteiger partial charge is 0.508 e. The number of anilines is 1. The monoisotopic (exact) mass is 308 g/mol. The van der Waals surface area contributed by atoms with Crippen LogP contribution in [0.5, 0.6) is 11.5 Å². The fourth-order valence-corrected chi connectivity index (χ4v) is 2.21. The van der Waals surface area contributed by atoms with E-state index in [0.29, 0.717) is 11.3 Å². The Bertz CT molecular complexity index is 691. The summed E-state index contributed by atoms with van der Waals surface area (Å²) in [7, 11) is 0. The highest BCUT2D eigenvalue weighted by Crippen LogP contribution is 2.32. The SMILES string of the molecule is CC(Nc1ccc([N+](=O)[O-])c(Cl)c1)c1cc(O)ccc1O. The van der Waals surface area contributed by atoms with E-state index in [-0.39, 0.29) is 28.3 Å². The van der Waals surface area contributed by atoms with Crippen LogP contribution in [0.4, 0.5) is 11.4 Å². The van der Waals surface area contributed by atoms with Gasteiger partial charge in [-0.05, 0) is 37.3 Å². The fourth-order valence-electron chi connectivity index (χ4n) is 1.96. The minimum Gasteiger partial charge on any atom is -0.508 e. The van der Waals surface area contributed by atoms with Crippen LogP contribution in [-0.4, -0.2) is 15.1 Å². The van der Waals surface area contributed by atoms with Gasteiger partial charge in [0.25, 0.3) is 5.69 Å². The number of halogens is 1. The van der Waals surface area contributed by atoms with Crippen molar-refractivity contribution in [1.29, 1.82) is 0 Å². The Morgan fingerprint density at radius 2 is 1.95 bits per heavy atom. The summed E-state index contributed by atoms with van der Waals surface area (Å²) >= 11 is 5.84. The molecule has 0 spiro atoms. The summed E-state index contributed by atoms with van der Waals surface area (Å²) in [6.45, 7) is 1.78. The predicted octanol–water partition coefficient (Wildman–Crippen LogP) is 3.83. The Balaban J connectivity index is 2.23. The maximum absolute atomic E-state index is 10.7. The van der Waals surface area contributed by atoms with Crippen LogP contribution in [0.15, 0.2) is 36.4 Å². The molecule has 0 aliphatic rings. The highest BCUT2D eigenvalue weighted by Gasteiger charge is 2.15. The van der Waals surface area contributed by atoms with Crippen LogP contribution in [0, 0.1) is 10.1 Å². The van der Waals surface area contributed by atoms with Crippen LogP contribution in [0.3, 0.4) is 0 Å². The van der Waals surface area contributed by atoms with Gasteiger partial charge in [-0.2, -0.15) is 0 Å². The van der Waals surface area contributed by atoms with E-state index < -0.39 is 4.92 Å². The number of hydrogen-bond acceptors (Lipinski definition) is 5. The van der Waals surface area contributed by atoms with E-state index in [2.05, 4.69) is 5.32 Å². The first-order chi connectivity index (χ1) is 9.88. The zero-order chi connectivity index (χ0) is 15.6. The molecular weight excluding hydrogens is 296 g/mol. The zero-order valence-corrected chi connectivity index (χ0v) is 11.8. The summed E-state index contributed by atoms with van der Waals surface area (Å²) in [5, 5.41) is 33.0. The molecule has 2 aromatic rings. The topological polar surface area (TPSA) is 95.6 Å². The van der Waals surface area contributed by atoms with Crippen molar-refractivity contribution in [2.24, 2.45) is 0 Å². The van der Waals surface area contributed by atoms with Gasteiger partial charge in [0.2, 0.25) is 0 Å². The summed E-state index contributed by atoms with van der Waals surface area (Å²) in [5.74, 6) is 0.0824. The lowest BCUT2D eigenvalue weighted by Crippen LogP contribution is -2.07. The van der Waals surface area contributed by atoms with Gasteiger partial charge in [-0.25, -0.2) is 0 Å². The average Bonchev–Trinajstić information content (AvgIpc) is 2.41. The van der Waals surface area contributed by atoms with Crippen molar-refractivity contribution in [3.8, 4) is 11.5 Å². The molecule has 0 aromatic heterocycles. The summed E-state index contributed by atoms with van der Waals surface area (Å²) in [5.41, 5.74) is 0.903. The van der Waals surface area contributed by atoms with Crippen molar-refractivity contribution in [3.63, 3.8) is 0 Å². The van der Waals surface area contributed by atoms with E-state index in [1.807, 2.05) is 0 Å². The van der Waals surface area contributed by atoms with Crippen molar-refractivity contribution in [1.82, 2.24) is 0 Å². The maximum Gasteiger partial charge on any atom is 0.288 e. The number of benzene rings is 2. The average molecular weight is 309 g/mol. The van der Waals surface area contributed by atoms with Gasteiger partial charge in [0, 0.05) is 17.3 Å². The molecule has 0 bridgehead atoms. The molecule has 0 aliphatic carbocycles. The van der Waals surface area contributed by atoms with Crippen LogP contribution in [-0.2, 0) is 0 Å². The van der Waals surface area contributed by atoms with Crippen molar-refractivity contribution < 1.29 is 15.1 Å². The zero-order valence-electron chi connectivity index (χ0n) is 11.1. The number of nitro benzene ring substituents is 1. The third kappa shape index (κ3) is 3.35. The molecule has 0 saturated carbocycles. The number of rotatable bonds is 4. The van der Waals surface area contributed by atoms with E-state index in [4.69, 9.17) is 11.6 Å². The second-order valence-electron chi connectivity index (χ2n) is 4.53. The number of phenolic OH excluding ortho intramolecular Hbond substituents is 2. The number of nitro groups is 1. The van der Waals surface area contributed by atoms with Crippen molar-refractivity contribution in [3.05, 3.63) is 57.1 Å². The van der Waals surface area contributed by atoms with Crippen molar-refractivity contribution >= 4 is 23.0 Å². The second kappa shape index (κ2) is 5.88. The Labute approximate surface area is 125 Å². The number of aromatic hydroxyl groups is 2. The second-order valence-corrected chi connectivity index (χ2v) is 4.94. The predicted molar refractivity (Wildman–Crippen MR) is 79.9 cm³/mol. The highest BCUT2D eigenvalue weighted by molar-refractivity contribution is 6.32. The van der Waals surface area contributed by atoms with Crippen LogP contribution < -0.4 is 5.32 Å². The van der Waals surface area contributed by atoms with Gasteiger partial charge in [0.1, 0.15) is 16.5 Å². The van der Waals surface area contributed by atoms with Crippen LogP contribution in [0.1, 0.15) is 18.5 Å². The van der Waals surface area contributed by atoms with E-state index in [9.17, 15) is 20.3 Å². The Morgan fingerprint density at radius 3 is 2.57 bits per heavy atom. The Hall–Kier alpha value is -2.47. The van der Waals surface area contributed by atoms with Crippen molar-refractivity contribution in [2.75, 3.05) is 5.32 Å². The third-order valence-corrected chi connectivity index (χ3v) is 3.31. The lowest BCUT2D eigenvalue weighted by Gasteiger charge is -2.17. The van der Waals surface area contributed by atoms with Gasteiger partial charge in [-0.3, -0.25) is 10.1 Å². The quantitative estimate of drug-likeness (QED) is 0.453. The van der Waals surface area contributed by atoms with E-state index in [0.717, 1.165) is 0 Å². The molecule has 7 heteroatoms. The molecule has 21 heavy (non-hydrogen) atoms. The number of nitrogens with one attached hydrogen (secondary N) is 1. The standard InChI is InChI=1S/C14H13ClN2O4/c1-8(11-7-10(18)3-5-14(11)19)16-9-2-4-13(17(20)21)12(15)6-9/h2-8,16,18-19H,1H3. The van der Waals surface area contributed by atoms with E-state index in [1.54, 1.807) is 6.92 Å². The summed E-state index contributed by atoms with van der Waals surface area (Å²) in [6, 6.07) is 8.17. The minimum absolute atomic E-state index is 0.0253. The summed E-state index contributed by atoms with van der Waals surface area (Å²) in [4.78, 5) is 10.1. The van der Waals surface area contributed by atoms with Crippen LogP contribution in [0.25, 0.3) is 0 Å². The fraction of sp³-hybridized carbons (Fsp3) is 0.143. The third-order valence-electron chi connectivity index (χ3n) is 3.01. The molecule has 0 aliphatic heterocycles. The molecular formula is C14H13ClN2O4. The van der Waals surface area contributed by atoms with Crippen LogP contribution in [0.2, 0.25) is 5.02 Å². The van der Waals surface area contributed by atoms with Gasteiger partial charge in [0.05, 0.1) is 11.0 Å². The minimum atomic E-state index is -0.559. The molecule has 2 aromatic carbocycles. The van der Waals surface area contributed by atoms with E-state index >= 15 is 0 Å². The normalized spacial score (nSPS) is 11.9. The number of nitrogens with zero attached hydrogens (tertiary/aromatic N) is 1. The lowest BCUT2D eigenvalue weighted by atomic mass is 10.1. The molecule has 110 valence electrons. The van der Waals surface area contributed by atoms with Gasteiger partial charge in [-0.15, -0.1) is 0 Å². The summed E-state index contributed by atoms with van der Waals surface area (Å²) in [6.07, 6.45) is 0. The van der Waals surface area contributed by atoms with Gasteiger partial charge in [0.15, 0.2) is 0 Å². The van der Waals surface area contributed by atoms with Gasteiger partial charge < -0.3 is 15.5 Å². The molecule has 3 N–H and O–H groups in total. The number of hydrogen-bond donors (Lipinski definition) is 3. The van der Waals surface area contributed by atoms with Gasteiger partial charge >= 0.3 is 0 Å². The Kier molecular flexibility index (Phi) is 4.18. The first-order valence-corrected chi connectivity index (χ1v) is 6.48. The molecule has 0 saturated heterocycles. The molecule has 1 unspecified atom stereocenters. The van der Waals surface area contributed by atoms with Crippen LogP contribution >= 0.6 is 11.6 Å². The molecule has 2 rings (SSSR count). The summed E-state index contributed by atoms with van der Waals surface area (Å²) < 4.78 is 0. The lowest BCUT2D eigenvalue weighted by molar-refractivity contribution is -0.384. The number of phenols is 2. The molecule has 6 nitrogen and oxygen atoms in total. The molecule has 0 radical (unpaired) electrons. The molecule has 0 fully saturated rings.